The highest BCUT2D eigenvalue weighted by atomic mass is 16.4. The predicted octanol–water partition coefficient (Wildman–Crippen LogP) is 10.5. The number of anilines is 3. The molecule has 4 heteroatoms. The Kier molecular flexibility index (Phi) is 5.42. The molecule has 0 N–H and O–H groups in total. The van der Waals surface area contributed by atoms with Crippen LogP contribution in [0.4, 0.5) is 17.1 Å². The Morgan fingerprint density at radius 1 is 0.463 bits per heavy atom. The SMILES string of the molecule is c1ccc(-c2ccc(N(c3ccccc3)c3ccc4c(c3)oc3ccc5nc(-c6ccccc6)oc5c34)cc2)cc1. The maximum Gasteiger partial charge on any atom is 0.227 e. The van der Waals surface area contributed by atoms with Gasteiger partial charge in [0.05, 0.1) is 5.39 Å². The summed E-state index contributed by atoms with van der Waals surface area (Å²) in [5.41, 5.74) is 9.60. The maximum absolute atomic E-state index is 6.40. The van der Waals surface area contributed by atoms with E-state index in [0.717, 1.165) is 55.7 Å². The second-order valence-electron chi connectivity index (χ2n) is 10.0. The third-order valence-corrected chi connectivity index (χ3v) is 7.50. The van der Waals surface area contributed by atoms with Crippen LogP contribution in [0.3, 0.4) is 0 Å². The predicted molar refractivity (Wildman–Crippen MR) is 167 cm³/mol. The zero-order valence-electron chi connectivity index (χ0n) is 22.1. The molecule has 8 rings (SSSR count). The number of furan rings is 1. The van der Waals surface area contributed by atoms with Gasteiger partial charge in [0.2, 0.25) is 5.89 Å². The number of benzene rings is 6. The first kappa shape index (κ1) is 23.3. The van der Waals surface area contributed by atoms with Gasteiger partial charge in [-0.05, 0) is 71.8 Å². The Hall–Kier alpha value is -5.61. The quantitative estimate of drug-likeness (QED) is 0.223. The first-order valence-electron chi connectivity index (χ1n) is 13.6. The minimum absolute atomic E-state index is 0.605. The summed E-state index contributed by atoms with van der Waals surface area (Å²) in [5.74, 6) is 0.605. The molecular formula is C37H24N2O2. The molecule has 0 saturated heterocycles. The summed E-state index contributed by atoms with van der Waals surface area (Å²) in [7, 11) is 0. The number of para-hydroxylation sites is 1. The molecular weight excluding hydrogens is 504 g/mol. The van der Waals surface area contributed by atoms with Crippen LogP contribution < -0.4 is 4.90 Å². The van der Waals surface area contributed by atoms with E-state index in [0.29, 0.717) is 5.89 Å². The van der Waals surface area contributed by atoms with Gasteiger partial charge in [0.1, 0.15) is 16.7 Å². The van der Waals surface area contributed by atoms with Gasteiger partial charge in [-0.25, -0.2) is 4.98 Å². The fourth-order valence-corrected chi connectivity index (χ4v) is 5.54. The second kappa shape index (κ2) is 9.54. The normalized spacial score (nSPS) is 11.4. The lowest BCUT2D eigenvalue weighted by Gasteiger charge is -2.25. The molecule has 8 aromatic rings. The molecule has 0 aliphatic rings. The highest BCUT2D eigenvalue weighted by Gasteiger charge is 2.19. The molecule has 0 aliphatic carbocycles. The van der Waals surface area contributed by atoms with E-state index in [-0.39, 0.29) is 0 Å². The third kappa shape index (κ3) is 4.05. The molecule has 4 nitrogen and oxygen atoms in total. The monoisotopic (exact) mass is 528 g/mol. The zero-order chi connectivity index (χ0) is 27.2. The lowest BCUT2D eigenvalue weighted by Crippen LogP contribution is -2.09. The summed E-state index contributed by atoms with van der Waals surface area (Å²) in [4.78, 5) is 7.01. The summed E-state index contributed by atoms with van der Waals surface area (Å²) < 4.78 is 12.7. The summed E-state index contributed by atoms with van der Waals surface area (Å²) in [6, 6.07) is 49.8. The number of aromatic nitrogens is 1. The number of fused-ring (bicyclic) bond motifs is 5. The molecule has 0 spiro atoms. The van der Waals surface area contributed by atoms with Gasteiger partial charge >= 0.3 is 0 Å². The first-order valence-corrected chi connectivity index (χ1v) is 13.6. The third-order valence-electron chi connectivity index (χ3n) is 7.50. The second-order valence-corrected chi connectivity index (χ2v) is 10.0. The summed E-state index contributed by atoms with van der Waals surface area (Å²) >= 11 is 0. The van der Waals surface area contributed by atoms with Crippen molar-refractivity contribution >= 4 is 50.1 Å². The van der Waals surface area contributed by atoms with E-state index in [2.05, 4.69) is 95.9 Å². The summed E-state index contributed by atoms with van der Waals surface area (Å²) in [6.07, 6.45) is 0. The Labute approximate surface area is 236 Å². The van der Waals surface area contributed by atoms with Crippen molar-refractivity contribution in [3.05, 3.63) is 146 Å². The summed E-state index contributed by atoms with van der Waals surface area (Å²) in [5, 5.41) is 1.94. The van der Waals surface area contributed by atoms with Crippen LogP contribution in [0, 0.1) is 0 Å². The van der Waals surface area contributed by atoms with Crippen molar-refractivity contribution in [1.82, 2.24) is 4.98 Å². The largest absolute Gasteiger partial charge is 0.456 e. The van der Waals surface area contributed by atoms with Gasteiger partial charge in [-0.2, -0.15) is 0 Å². The van der Waals surface area contributed by atoms with E-state index >= 15 is 0 Å². The van der Waals surface area contributed by atoms with E-state index in [4.69, 9.17) is 13.8 Å². The first-order chi connectivity index (χ1) is 20.3. The molecule has 0 bridgehead atoms. The lowest BCUT2D eigenvalue weighted by atomic mass is 10.0. The summed E-state index contributed by atoms with van der Waals surface area (Å²) in [6.45, 7) is 0. The Morgan fingerprint density at radius 2 is 1.07 bits per heavy atom. The maximum atomic E-state index is 6.40. The van der Waals surface area contributed by atoms with E-state index in [1.165, 1.54) is 11.1 Å². The van der Waals surface area contributed by atoms with E-state index in [1.54, 1.807) is 0 Å². The van der Waals surface area contributed by atoms with E-state index < -0.39 is 0 Å². The van der Waals surface area contributed by atoms with Gasteiger partial charge in [0.25, 0.3) is 0 Å². The Morgan fingerprint density at radius 3 is 1.80 bits per heavy atom. The van der Waals surface area contributed by atoms with Crippen LogP contribution in [0.1, 0.15) is 0 Å². The molecule has 194 valence electrons. The number of hydrogen-bond acceptors (Lipinski definition) is 4. The minimum atomic E-state index is 0.605. The van der Waals surface area contributed by atoms with Crippen LogP contribution in [-0.4, -0.2) is 4.98 Å². The highest BCUT2D eigenvalue weighted by Crippen LogP contribution is 2.41. The molecule has 0 unspecified atom stereocenters. The highest BCUT2D eigenvalue weighted by molar-refractivity contribution is 6.16. The van der Waals surface area contributed by atoms with Crippen molar-refractivity contribution in [2.45, 2.75) is 0 Å². The van der Waals surface area contributed by atoms with E-state index in [1.807, 2.05) is 54.6 Å². The average molecular weight is 529 g/mol. The fourth-order valence-electron chi connectivity index (χ4n) is 5.54. The standard InChI is InChI=1S/C37H24N2O2/c1-4-10-25(11-5-1)26-16-18-29(19-17-26)39(28-14-8-3-9-15-28)30-20-21-31-34(24-30)40-33-23-22-32-36(35(31)33)41-37(38-32)27-12-6-2-7-13-27/h1-24H. The van der Waals surface area contributed by atoms with Crippen LogP contribution in [0.25, 0.3) is 55.6 Å². The van der Waals surface area contributed by atoms with Gasteiger partial charge in [0, 0.05) is 34.1 Å². The Balaban J connectivity index is 1.25. The average Bonchev–Trinajstić information content (AvgIpc) is 3.64. The van der Waals surface area contributed by atoms with Crippen LogP contribution in [0.5, 0.6) is 0 Å². The van der Waals surface area contributed by atoms with Crippen LogP contribution in [0.2, 0.25) is 0 Å². The van der Waals surface area contributed by atoms with Crippen molar-refractivity contribution < 1.29 is 8.83 Å². The topological polar surface area (TPSA) is 42.4 Å². The number of oxazole rings is 1. The van der Waals surface area contributed by atoms with Crippen molar-refractivity contribution in [2.75, 3.05) is 4.90 Å². The van der Waals surface area contributed by atoms with Crippen LogP contribution in [0.15, 0.2) is 154 Å². The molecule has 41 heavy (non-hydrogen) atoms. The molecule has 2 heterocycles. The van der Waals surface area contributed by atoms with Gasteiger partial charge in [-0.3, -0.25) is 0 Å². The lowest BCUT2D eigenvalue weighted by molar-refractivity contribution is 0.622. The van der Waals surface area contributed by atoms with Crippen molar-refractivity contribution in [3.63, 3.8) is 0 Å². The van der Waals surface area contributed by atoms with Crippen molar-refractivity contribution in [3.8, 4) is 22.6 Å². The molecule has 0 fully saturated rings. The van der Waals surface area contributed by atoms with Crippen LogP contribution in [-0.2, 0) is 0 Å². The van der Waals surface area contributed by atoms with Gasteiger partial charge in [0.15, 0.2) is 5.58 Å². The van der Waals surface area contributed by atoms with Crippen LogP contribution >= 0.6 is 0 Å². The molecule has 2 aromatic heterocycles. The Bertz CT molecular complexity index is 2130. The zero-order valence-corrected chi connectivity index (χ0v) is 22.1. The minimum Gasteiger partial charge on any atom is -0.456 e. The molecule has 6 aromatic carbocycles. The molecule has 0 saturated carbocycles. The number of nitrogens with zero attached hydrogens (tertiary/aromatic N) is 2. The number of rotatable bonds is 5. The van der Waals surface area contributed by atoms with E-state index in [9.17, 15) is 0 Å². The molecule has 0 aliphatic heterocycles. The smallest absolute Gasteiger partial charge is 0.227 e. The molecule has 0 radical (unpaired) electrons. The van der Waals surface area contributed by atoms with Gasteiger partial charge < -0.3 is 13.7 Å². The molecule has 0 amide bonds. The fraction of sp³-hybridized carbons (Fsp3) is 0. The molecule has 0 atom stereocenters. The van der Waals surface area contributed by atoms with Gasteiger partial charge in [-0.15, -0.1) is 0 Å². The van der Waals surface area contributed by atoms with Gasteiger partial charge in [-0.1, -0.05) is 78.9 Å². The van der Waals surface area contributed by atoms with Crippen molar-refractivity contribution in [2.24, 2.45) is 0 Å². The number of hydrogen-bond donors (Lipinski definition) is 0. The van der Waals surface area contributed by atoms with Crippen molar-refractivity contribution in [1.29, 1.82) is 0 Å².